The number of nitrogens with one attached hydrogen (secondary N) is 1. The van der Waals surface area contributed by atoms with Crippen LogP contribution in [-0.4, -0.2) is 40.3 Å². The maximum atomic E-state index is 4.38. The Morgan fingerprint density at radius 1 is 1.26 bits per heavy atom. The molecule has 1 aromatic rings. The second kappa shape index (κ2) is 7.10. The second-order valence-electron chi connectivity index (χ2n) is 5.22. The molecule has 0 radical (unpaired) electrons. The minimum atomic E-state index is 0.663. The monoisotopic (exact) mass is 280 g/mol. The fourth-order valence-corrected chi connectivity index (χ4v) is 3.70. The highest BCUT2D eigenvalue weighted by Crippen LogP contribution is 2.27. The smallest absolute Gasteiger partial charge is 0.151 e. The number of hydrogen-bond donors (Lipinski definition) is 1. The van der Waals surface area contributed by atoms with E-state index in [1.54, 1.807) is 0 Å². The van der Waals surface area contributed by atoms with Crippen LogP contribution in [0.3, 0.4) is 0 Å². The number of thioether (sulfide) groups is 1. The second-order valence-corrected chi connectivity index (χ2v) is 7.10. The molecule has 2 rings (SSSR count). The third-order valence-corrected chi connectivity index (χ3v) is 4.41. The van der Waals surface area contributed by atoms with Gasteiger partial charge >= 0.3 is 0 Å². The lowest BCUT2D eigenvalue weighted by Gasteiger charge is -2.35. The molecule has 2 heterocycles. The summed E-state index contributed by atoms with van der Waals surface area (Å²) in [7, 11) is 0. The molecule has 0 saturated carbocycles. The Bertz CT molecular complexity index is 372. The molecule has 4 nitrogen and oxygen atoms in total. The Morgan fingerprint density at radius 2 is 2.00 bits per heavy atom. The van der Waals surface area contributed by atoms with Gasteiger partial charge in [-0.3, -0.25) is 0 Å². The minimum Gasteiger partial charge on any atom is -0.353 e. The molecule has 0 bridgehead atoms. The molecule has 2 unspecified atom stereocenters. The molecule has 0 spiro atoms. The van der Waals surface area contributed by atoms with Crippen LogP contribution in [0.5, 0.6) is 0 Å². The summed E-state index contributed by atoms with van der Waals surface area (Å²) in [5.74, 6) is 1.01. The van der Waals surface area contributed by atoms with Crippen LogP contribution in [0.2, 0.25) is 0 Å². The van der Waals surface area contributed by atoms with Crippen molar-refractivity contribution in [2.45, 2.75) is 44.2 Å². The van der Waals surface area contributed by atoms with Crippen molar-refractivity contribution in [3.63, 3.8) is 0 Å². The van der Waals surface area contributed by atoms with E-state index >= 15 is 0 Å². The topological polar surface area (TPSA) is 41.0 Å². The Labute approximate surface area is 120 Å². The van der Waals surface area contributed by atoms with Gasteiger partial charge in [0.15, 0.2) is 5.82 Å². The third-order valence-electron chi connectivity index (χ3n) is 3.18. The van der Waals surface area contributed by atoms with E-state index in [4.69, 9.17) is 0 Å². The first-order valence-electron chi connectivity index (χ1n) is 7.12. The maximum Gasteiger partial charge on any atom is 0.151 e. The number of hydrogen-bond acceptors (Lipinski definition) is 5. The highest BCUT2D eigenvalue weighted by Gasteiger charge is 2.23. The number of nitrogens with zero attached hydrogens (tertiary/aromatic N) is 3. The van der Waals surface area contributed by atoms with Crippen molar-refractivity contribution in [1.82, 2.24) is 15.5 Å². The normalized spacial score (nSPS) is 23.6. The highest BCUT2D eigenvalue weighted by molar-refractivity contribution is 8.00. The van der Waals surface area contributed by atoms with E-state index in [9.17, 15) is 0 Å². The van der Waals surface area contributed by atoms with Gasteiger partial charge in [-0.1, -0.05) is 20.8 Å². The van der Waals surface area contributed by atoms with Crippen LogP contribution in [-0.2, 0) is 6.54 Å². The van der Waals surface area contributed by atoms with Gasteiger partial charge in [0.1, 0.15) is 0 Å². The first-order valence-corrected chi connectivity index (χ1v) is 8.07. The molecule has 2 atom stereocenters. The van der Waals surface area contributed by atoms with Gasteiger partial charge in [-0.25, -0.2) is 0 Å². The molecule has 0 aromatic carbocycles. The van der Waals surface area contributed by atoms with E-state index in [1.807, 2.05) is 0 Å². The van der Waals surface area contributed by atoms with Crippen LogP contribution in [0.15, 0.2) is 12.1 Å². The molecule has 1 N–H and O–H groups in total. The summed E-state index contributed by atoms with van der Waals surface area (Å²) >= 11 is 2.06. The molecular formula is C14H24N4S. The van der Waals surface area contributed by atoms with Crippen LogP contribution in [0.1, 0.15) is 32.9 Å². The minimum absolute atomic E-state index is 0.663. The standard InChI is InChI=1S/C14H24N4S/c1-4-7-15-8-13-5-6-14(17-16-13)18-9-11(2)19-12(3)10-18/h5-6,11-12,15H,4,7-10H2,1-3H3. The quantitative estimate of drug-likeness (QED) is 0.838. The molecule has 0 aliphatic carbocycles. The molecule has 19 heavy (non-hydrogen) atoms. The van der Waals surface area contributed by atoms with Crippen LogP contribution < -0.4 is 10.2 Å². The van der Waals surface area contributed by atoms with Gasteiger partial charge in [0.05, 0.1) is 5.69 Å². The predicted molar refractivity (Wildman–Crippen MR) is 82.8 cm³/mol. The number of anilines is 1. The first kappa shape index (κ1) is 14.6. The zero-order chi connectivity index (χ0) is 13.7. The Balaban J connectivity index is 1.93. The summed E-state index contributed by atoms with van der Waals surface area (Å²) in [5, 5.41) is 13.4. The van der Waals surface area contributed by atoms with E-state index in [-0.39, 0.29) is 0 Å². The van der Waals surface area contributed by atoms with Gasteiger partial charge in [0, 0.05) is 30.1 Å². The molecule has 1 aliphatic heterocycles. The van der Waals surface area contributed by atoms with Crippen molar-refractivity contribution < 1.29 is 0 Å². The third kappa shape index (κ3) is 4.35. The molecule has 5 heteroatoms. The molecule has 1 fully saturated rings. The van der Waals surface area contributed by atoms with Gasteiger partial charge < -0.3 is 10.2 Å². The van der Waals surface area contributed by atoms with Crippen molar-refractivity contribution in [1.29, 1.82) is 0 Å². The maximum absolute atomic E-state index is 4.38. The average molecular weight is 280 g/mol. The summed E-state index contributed by atoms with van der Waals surface area (Å²) in [4.78, 5) is 2.35. The van der Waals surface area contributed by atoms with Crippen molar-refractivity contribution in [3.8, 4) is 0 Å². The first-order chi connectivity index (χ1) is 9.19. The van der Waals surface area contributed by atoms with Crippen molar-refractivity contribution in [3.05, 3.63) is 17.8 Å². The molecule has 106 valence electrons. The van der Waals surface area contributed by atoms with Gasteiger partial charge in [0.25, 0.3) is 0 Å². The molecule has 1 aliphatic rings. The van der Waals surface area contributed by atoms with E-state index in [2.05, 4.69) is 65.1 Å². The van der Waals surface area contributed by atoms with Crippen LogP contribution in [0.25, 0.3) is 0 Å². The summed E-state index contributed by atoms with van der Waals surface area (Å²) in [6.07, 6.45) is 1.15. The van der Waals surface area contributed by atoms with E-state index < -0.39 is 0 Å². The fraction of sp³-hybridized carbons (Fsp3) is 0.714. The highest BCUT2D eigenvalue weighted by atomic mass is 32.2. The summed E-state index contributed by atoms with van der Waals surface area (Å²) in [5.41, 5.74) is 1.02. The predicted octanol–water partition coefficient (Wildman–Crippen LogP) is 2.31. The lowest BCUT2D eigenvalue weighted by atomic mass is 10.3. The van der Waals surface area contributed by atoms with Crippen LogP contribution in [0, 0.1) is 0 Å². The van der Waals surface area contributed by atoms with Gasteiger partial charge in [-0.2, -0.15) is 16.9 Å². The van der Waals surface area contributed by atoms with Gasteiger partial charge in [-0.05, 0) is 25.1 Å². The molecule has 1 aromatic heterocycles. The SMILES string of the molecule is CCCNCc1ccc(N2CC(C)SC(C)C2)nn1. The Morgan fingerprint density at radius 3 is 2.58 bits per heavy atom. The van der Waals surface area contributed by atoms with Crippen molar-refractivity contribution in [2.75, 3.05) is 24.5 Å². The summed E-state index contributed by atoms with van der Waals surface area (Å²) < 4.78 is 0. The van der Waals surface area contributed by atoms with E-state index in [0.29, 0.717) is 10.5 Å². The van der Waals surface area contributed by atoms with Gasteiger partial charge in [-0.15, -0.1) is 5.10 Å². The number of aromatic nitrogens is 2. The molecule has 0 amide bonds. The summed E-state index contributed by atoms with van der Waals surface area (Å²) in [6.45, 7) is 10.7. The van der Waals surface area contributed by atoms with Crippen LogP contribution >= 0.6 is 11.8 Å². The fourth-order valence-electron chi connectivity index (χ4n) is 2.37. The van der Waals surface area contributed by atoms with Crippen molar-refractivity contribution >= 4 is 17.6 Å². The largest absolute Gasteiger partial charge is 0.353 e. The summed E-state index contributed by atoms with van der Waals surface area (Å²) in [6, 6.07) is 4.19. The van der Waals surface area contributed by atoms with Crippen LogP contribution in [0.4, 0.5) is 5.82 Å². The lowest BCUT2D eigenvalue weighted by molar-refractivity contribution is 0.652. The van der Waals surface area contributed by atoms with Gasteiger partial charge in [0.2, 0.25) is 0 Å². The zero-order valence-electron chi connectivity index (χ0n) is 12.1. The number of rotatable bonds is 5. The van der Waals surface area contributed by atoms with E-state index in [1.165, 1.54) is 0 Å². The average Bonchev–Trinajstić information content (AvgIpc) is 2.39. The van der Waals surface area contributed by atoms with E-state index in [0.717, 1.165) is 44.1 Å². The Hall–Kier alpha value is -0.810. The Kier molecular flexibility index (Phi) is 5.45. The van der Waals surface area contributed by atoms with Crippen molar-refractivity contribution in [2.24, 2.45) is 0 Å². The molecular weight excluding hydrogens is 256 g/mol. The molecule has 1 saturated heterocycles. The zero-order valence-corrected chi connectivity index (χ0v) is 12.9. The lowest BCUT2D eigenvalue weighted by Crippen LogP contribution is -2.41.